The van der Waals surface area contributed by atoms with Crippen molar-refractivity contribution >= 4 is 34.2 Å². The maximum absolute atomic E-state index is 14.5. The summed E-state index contributed by atoms with van der Waals surface area (Å²) >= 11 is 5.98. The van der Waals surface area contributed by atoms with Crippen LogP contribution in [0, 0.1) is 12.7 Å². The molecule has 0 atom stereocenters. The molecule has 2 aromatic heterocycles. The van der Waals surface area contributed by atoms with Crippen LogP contribution in [0.5, 0.6) is 5.75 Å². The number of nitrogens with zero attached hydrogens (tertiary/aromatic N) is 3. The zero-order chi connectivity index (χ0) is 22.1. The highest BCUT2D eigenvalue weighted by Gasteiger charge is 2.17. The minimum atomic E-state index is -0.667. The van der Waals surface area contributed by atoms with Crippen LogP contribution in [0.2, 0.25) is 5.02 Å². The molecule has 0 aliphatic heterocycles. The maximum Gasteiger partial charge on any atom is 0.267 e. The predicted octanol–water partition coefficient (Wildman–Crippen LogP) is 4.14. The second-order valence-corrected chi connectivity index (χ2v) is 7.07. The number of hydrogen-bond donors (Lipinski definition) is 1. The van der Waals surface area contributed by atoms with Gasteiger partial charge in [-0.3, -0.25) is 14.2 Å². The van der Waals surface area contributed by atoms with Crippen LogP contribution < -0.4 is 15.6 Å². The van der Waals surface area contributed by atoms with Gasteiger partial charge in [0.15, 0.2) is 5.65 Å². The molecule has 2 aromatic carbocycles. The molecule has 1 amide bonds. The minimum Gasteiger partial charge on any atom is -0.496 e. The van der Waals surface area contributed by atoms with Gasteiger partial charge in [-0.1, -0.05) is 11.6 Å². The van der Waals surface area contributed by atoms with Crippen molar-refractivity contribution in [3.05, 3.63) is 87.3 Å². The lowest BCUT2D eigenvalue weighted by Crippen LogP contribution is -2.23. The molecule has 0 radical (unpaired) electrons. The Balaban J connectivity index is 1.77. The zero-order valence-corrected chi connectivity index (χ0v) is 17.3. The largest absolute Gasteiger partial charge is 0.496 e. The predicted molar refractivity (Wildman–Crippen MR) is 116 cm³/mol. The summed E-state index contributed by atoms with van der Waals surface area (Å²) in [6, 6.07) is 11.8. The molecule has 2 heterocycles. The van der Waals surface area contributed by atoms with Gasteiger partial charge in [0, 0.05) is 11.2 Å². The van der Waals surface area contributed by atoms with Gasteiger partial charge in [0.2, 0.25) is 0 Å². The average molecular weight is 439 g/mol. The Bertz CT molecular complexity index is 1390. The van der Waals surface area contributed by atoms with Crippen LogP contribution in [0.3, 0.4) is 0 Å². The van der Waals surface area contributed by atoms with Crippen molar-refractivity contribution in [1.82, 2.24) is 14.5 Å². The lowest BCUT2D eigenvalue weighted by atomic mass is 10.1. The Morgan fingerprint density at radius 3 is 2.77 bits per heavy atom. The molecule has 9 heteroatoms. The average Bonchev–Trinajstić information content (AvgIpc) is 2.75. The molecular formula is C22H16ClFN4O3. The molecule has 0 spiro atoms. The summed E-state index contributed by atoms with van der Waals surface area (Å²) in [4.78, 5) is 34.2. The van der Waals surface area contributed by atoms with E-state index >= 15 is 0 Å². The lowest BCUT2D eigenvalue weighted by Gasteiger charge is -2.14. The number of fused-ring (bicyclic) bond motifs is 1. The summed E-state index contributed by atoms with van der Waals surface area (Å²) < 4.78 is 21.0. The normalized spacial score (nSPS) is 10.8. The monoisotopic (exact) mass is 438 g/mol. The summed E-state index contributed by atoms with van der Waals surface area (Å²) in [6.07, 6.45) is 1.55. The van der Waals surface area contributed by atoms with Crippen LogP contribution in [0.25, 0.3) is 16.7 Å². The number of aromatic nitrogens is 3. The molecule has 1 N–H and O–H groups in total. The number of carbonyl (C=O) groups is 1. The number of benzene rings is 2. The van der Waals surface area contributed by atoms with Gasteiger partial charge in [0.05, 0.1) is 29.4 Å². The topological polar surface area (TPSA) is 86.1 Å². The van der Waals surface area contributed by atoms with Crippen molar-refractivity contribution in [3.8, 4) is 11.4 Å². The highest BCUT2D eigenvalue weighted by molar-refractivity contribution is 6.31. The van der Waals surface area contributed by atoms with Crippen molar-refractivity contribution in [2.75, 3.05) is 12.4 Å². The summed E-state index contributed by atoms with van der Waals surface area (Å²) in [5, 5.41) is 3.17. The summed E-state index contributed by atoms with van der Waals surface area (Å²) in [5.74, 6) is -0.618. The maximum atomic E-state index is 14.5. The molecular weight excluding hydrogens is 423 g/mol. The summed E-state index contributed by atoms with van der Waals surface area (Å²) in [7, 11) is 1.41. The molecule has 7 nitrogen and oxygen atoms in total. The van der Waals surface area contributed by atoms with Crippen molar-refractivity contribution in [3.63, 3.8) is 0 Å². The third kappa shape index (κ3) is 3.85. The first kappa shape index (κ1) is 20.5. The first-order chi connectivity index (χ1) is 14.9. The number of ether oxygens (including phenoxy) is 1. The van der Waals surface area contributed by atoms with E-state index in [1.54, 1.807) is 37.4 Å². The standard InChI is InChI=1S/C22H16ClFN4O3/c1-12-26-20-15(4-3-9-25-20)22(30)28(12)14-6-7-17(24)18(11-14)27-21(29)16-10-13(23)5-8-19(16)31-2/h3-11H,1-2H3,(H,27,29). The number of rotatable bonds is 4. The number of halogens is 2. The van der Waals surface area contributed by atoms with Crippen LogP contribution >= 0.6 is 11.6 Å². The van der Waals surface area contributed by atoms with E-state index in [2.05, 4.69) is 15.3 Å². The fourth-order valence-electron chi connectivity index (χ4n) is 3.22. The molecule has 156 valence electrons. The van der Waals surface area contributed by atoms with Crippen LogP contribution in [0.1, 0.15) is 16.2 Å². The number of amides is 1. The fourth-order valence-corrected chi connectivity index (χ4v) is 3.40. The molecule has 0 fully saturated rings. The van der Waals surface area contributed by atoms with E-state index in [9.17, 15) is 14.0 Å². The Morgan fingerprint density at radius 2 is 2.00 bits per heavy atom. The van der Waals surface area contributed by atoms with Gasteiger partial charge in [-0.05, 0) is 55.5 Å². The molecule has 0 unspecified atom stereocenters. The van der Waals surface area contributed by atoms with Gasteiger partial charge >= 0.3 is 0 Å². The van der Waals surface area contributed by atoms with Crippen LogP contribution in [-0.2, 0) is 0 Å². The van der Waals surface area contributed by atoms with E-state index in [1.807, 2.05) is 0 Å². The lowest BCUT2D eigenvalue weighted by molar-refractivity contribution is 0.102. The Kier molecular flexibility index (Phi) is 5.39. The molecule has 4 rings (SSSR count). The highest BCUT2D eigenvalue weighted by Crippen LogP contribution is 2.25. The Morgan fingerprint density at radius 1 is 1.19 bits per heavy atom. The van der Waals surface area contributed by atoms with E-state index in [-0.39, 0.29) is 22.6 Å². The highest BCUT2D eigenvalue weighted by atomic mass is 35.5. The molecule has 0 aliphatic carbocycles. The second kappa shape index (κ2) is 8.16. The number of pyridine rings is 1. The van der Waals surface area contributed by atoms with Gasteiger partial charge in [-0.2, -0.15) is 0 Å². The zero-order valence-electron chi connectivity index (χ0n) is 16.5. The number of methoxy groups -OCH3 is 1. The van der Waals surface area contributed by atoms with Crippen LogP contribution in [-0.4, -0.2) is 27.6 Å². The van der Waals surface area contributed by atoms with E-state index in [1.165, 1.54) is 35.9 Å². The molecule has 0 saturated carbocycles. The number of hydrogen-bond acceptors (Lipinski definition) is 5. The molecule has 0 bridgehead atoms. The summed E-state index contributed by atoms with van der Waals surface area (Å²) in [6.45, 7) is 1.65. The van der Waals surface area contributed by atoms with Gasteiger partial charge in [0.25, 0.3) is 11.5 Å². The van der Waals surface area contributed by atoms with Crippen molar-refractivity contribution in [2.24, 2.45) is 0 Å². The van der Waals surface area contributed by atoms with Crippen LogP contribution in [0.4, 0.5) is 10.1 Å². The Hall–Kier alpha value is -3.78. The molecule has 0 saturated heterocycles. The van der Waals surface area contributed by atoms with Gasteiger partial charge in [-0.25, -0.2) is 14.4 Å². The first-order valence-corrected chi connectivity index (χ1v) is 9.56. The number of carbonyl (C=O) groups excluding carboxylic acids is 1. The summed E-state index contributed by atoms with van der Waals surface area (Å²) in [5.41, 5.74) is 0.352. The fraction of sp³-hybridized carbons (Fsp3) is 0.0909. The van der Waals surface area contributed by atoms with Gasteiger partial charge in [-0.15, -0.1) is 0 Å². The molecule has 31 heavy (non-hydrogen) atoms. The van der Waals surface area contributed by atoms with Crippen molar-refractivity contribution in [1.29, 1.82) is 0 Å². The van der Waals surface area contributed by atoms with Gasteiger partial charge < -0.3 is 10.1 Å². The van der Waals surface area contributed by atoms with E-state index < -0.39 is 11.7 Å². The Labute approximate surface area is 181 Å². The van der Waals surface area contributed by atoms with E-state index in [4.69, 9.17) is 16.3 Å². The van der Waals surface area contributed by atoms with E-state index in [0.717, 1.165) is 0 Å². The molecule has 4 aromatic rings. The van der Waals surface area contributed by atoms with Crippen molar-refractivity contribution < 1.29 is 13.9 Å². The number of nitrogens with one attached hydrogen (secondary N) is 1. The van der Waals surface area contributed by atoms with Crippen molar-refractivity contribution in [2.45, 2.75) is 6.92 Å². The first-order valence-electron chi connectivity index (χ1n) is 9.18. The number of anilines is 1. The van der Waals surface area contributed by atoms with Gasteiger partial charge in [0.1, 0.15) is 17.4 Å². The smallest absolute Gasteiger partial charge is 0.267 e. The quantitative estimate of drug-likeness (QED) is 0.517. The van der Waals surface area contributed by atoms with Crippen LogP contribution in [0.15, 0.2) is 59.5 Å². The third-order valence-electron chi connectivity index (χ3n) is 4.67. The molecule has 0 aliphatic rings. The van der Waals surface area contributed by atoms with E-state index in [0.29, 0.717) is 27.6 Å². The minimum absolute atomic E-state index is 0.109. The third-order valence-corrected chi connectivity index (χ3v) is 4.91. The number of aryl methyl sites for hydroxylation is 1. The second-order valence-electron chi connectivity index (χ2n) is 6.64. The SMILES string of the molecule is COc1ccc(Cl)cc1C(=O)Nc1cc(-n2c(C)nc3ncccc3c2=O)ccc1F.